The maximum absolute atomic E-state index is 5.07. The van der Waals surface area contributed by atoms with Crippen LogP contribution < -0.4 is 5.32 Å². The molecule has 2 saturated heterocycles. The van der Waals surface area contributed by atoms with Crippen molar-refractivity contribution in [1.82, 2.24) is 15.1 Å². The smallest absolute Gasteiger partial charge is 0.193 e. The summed E-state index contributed by atoms with van der Waals surface area (Å²) in [5.41, 5.74) is 0.616. The maximum Gasteiger partial charge on any atom is 0.193 e. The van der Waals surface area contributed by atoms with Crippen molar-refractivity contribution in [3.05, 3.63) is 0 Å². The number of rotatable bonds is 4. The number of hydrogen-bond acceptors (Lipinski definition) is 2. The van der Waals surface area contributed by atoms with Crippen LogP contribution in [-0.2, 0) is 0 Å². The second-order valence-corrected chi connectivity index (χ2v) is 8.81. The molecule has 0 bridgehead atoms. The van der Waals surface area contributed by atoms with E-state index in [9.17, 15) is 0 Å². The van der Waals surface area contributed by atoms with Crippen LogP contribution in [0.15, 0.2) is 4.99 Å². The molecule has 25 heavy (non-hydrogen) atoms. The first kappa shape index (κ1) is 19.7. The minimum atomic E-state index is 0. The van der Waals surface area contributed by atoms with E-state index >= 15 is 0 Å². The maximum atomic E-state index is 5.07. The SMILES string of the molecule is CCNC(=NCC1CCN(C2CC2)C1)N1CCC2(CCCCC2)C1.I. The van der Waals surface area contributed by atoms with Gasteiger partial charge in [-0.05, 0) is 63.3 Å². The Bertz CT molecular complexity index is 457. The molecule has 2 heterocycles. The van der Waals surface area contributed by atoms with Gasteiger partial charge in [0.2, 0.25) is 0 Å². The average molecular weight is 460 g/mol. The average Bonchev–Trinajstić information content (AvgIpc) is 3.22. The second kappa shape index (κ2) is 8.77. The normalized spacial score (nSPS) is 29.9. The van der Waals surface area contributed by atoms with Crippen LogP contribution in [0.2, 0.25) is 0 Å². The van der Waals surface area contributed by atoms with Crippen molar-refractivity contribution in [2.45, 2.75) is 70.8 Å². The van der Waals surface area contributed by atoms with Gasteiger partial charge in [0.05, 0.1) is 0 Å². The Balaban J connectivity index is 0.00000182. The molecule has 2 aliphatic heterocycles. The molecular formula is C20H37IN4. The molecule has 1 N–H and O–H groups in total. The number of nitrogens with one attached hydrogen (secondary N) is 1. The first-order valence-electron chi connectivity index (χ1n) is 10.6. The minimum Gasteiger partial charge on any atom is -0.357 e. The topological polar surface area (TPSA) is 30.9 Å². The zero-order chi connectivity index (χ0) is 16.4. The second-order valence-electron chi connectivity index (χ2n) is 8.81. The predicted molar refractivity (Wildman–Crippen MR) is 116 cm³/mol. The summed E-state index contributed by atoms with van der Waals surface area (Å²) in [6, 6.07) is 0.928. The number of likely N-dealkylation sites (tertiary alicyclic amines) is 2. The van der Waals surface area contributed by atoms with Crippen LogP contribution in [0, 0.1) is 11.3 Å². The summed E-state index contributed by atoms with van der Waals surface area (Å²) in [4.78, 5) is 10.4. The molecule has 144 valence electrons. The van der Waals surface area contributed by atoms with E-state index in [4.69, 9.17) is 4.99 Å². The third-order valence-corrected chi connectivity index (χ3v) is 6.87. The van der Waals surface area contributed by atoms with Gasteiger partial charge in [-0.25, -0.2) is 0 Å². The summed E-state index contributed by atoms with van der Waals surface area (Å²) < 4.78 is 0. The van der Waals surface area contributed by atoms with E-state index in [2.05, 4.69) is 22.0 Å². The summed E-state index contributed by atoms with van der Waals surface area (Å²) in [7, 11) is 0. The number of halogens is 1. The van der Waals surface area contributed by atoms with Gasteiger partial charge in [0, 0.05) is 38.8 Å². The van der Waals surface area contributed by atoms with Crippen LogP contribution in [0.3, 0.4) is 0 Å². The van der Waals surface area contributed by atoms with Crippen LogP contribution in [0.4, 0.5) is 0 Å². The predicted octanol–water partition coefficient (Wildman–Crippen LogP) is 3.71. The van der Waals surface area contributed by atoms with Crippen LogP contribution in [-0.4, -0.2) is 61.1 Å². The van der Waals surface area contributed by atoms with Gasteiger partial charge in [-0.1, -0.05) is 19.3 Å². The van der Waals surface area contributed by atoms with E-state index in [0.717, 1.165) is 25.0 Å². The molecule has 0 amide bonds. The molecular weight excluding hydrogens is 423 g/mol. The molecule has 2 saturated carbocycles. The summed E-state index contributed by atoms with van der Waals surface area (Å²) in [6.45, 7) is 9.27. The third kappa shape index (κ3) is 4.82. The fraction of sp³-hybridized carbons (Fsp3) is 0.950. The van der Waals surface area contributed by atoms with Crippen LogP contribution in [0.5, 0.6) is 0 Å². The zero-order valence-corrected chi connectivity index (χ0v) is 18.3. The van der Waals surface area contributed by atoms with E-state index in [-0.39, 0.29) is 24.0 Å². The lowest BCUT2D eigenvalue weighted by Gasteiger charge is -2.33. The van der Waals surface area contributed by atoms with Crippen molar-refractivity contribution < 1.29 is 0 Å². The highest BCUT2D eigenvalue weighted by molar-refractivity contribution is 14.0. The highest BCUT2D eigenvalue weighted by atomic mass is 127. The van der Waals surface area contributed by atoms with Crippen LogP contribution in [0.25, 0.3) is 0 Å². The molecule has 0 aromatic carbocycles. The Morgan fingerprint density at radius 2 is 1.88 bits per heavy atom. The minimum absolute atomic E-state index is 0. The quantitative estimate of drug-likeness (QED) is 0.394. The summed E-state index contributed by atoms with van der Waals surface area (Å²) in [5.74, 6) is 1.98. The lowest BCUT2D eigenvalue weighted by molar-refractivity contribution is 0.203. The molecule has 0 aromatic heterocycles. The first-order chi connectivity index (χ1) is 11.8. The van der Waals surface area contributed by atoms with Gasteiger partial charge in [0.1, 0.15) is 0 Å². The molecule has 2 aliphatic carbocycles. The van der Waals surface area contributed by atoms with E-state index < -0.39 is 0 Å². The highest BCUT2D eigenvalue weighted by Crippen LogP contribution is 2.43. The van der Waals surface area contributed by atoms with Gasteiger partial charge in [-0.2, -0.15) is 0 Å². The number of aliphatic imine (C=N–C) groups is 1. The van der Waals surface area contributed by atoms with Gasteiger partial charge >= 0.3 is 0 Å². The van der Waals surface area contributed by atoms with Gasteiger partial charge in [0.15, 0.2) is 5.96 Å². The van der Waals surface area contributed by atoms with E-state index in [1.165, 1.54) is 89.9 Å². The first-order valence-corrected chi connectivity index (χ1v) is 10.6. The number of guanidine groups is 1. The van der Waals surface area contributed by atoms with Crippen molar-refractivity contribution in [1.29, 1.82) is 0 Å². The molecule has 5 heteroatoms. The summed E-state index contributed by atoms with van der Waals surface area (Å²) in [5, 5.41) is 3.58. The molecule has 4 aliphatic rings. The molecule has 1 atom stereocenters. The largest absolute Gasteiger partial charge is 0.357 e. The molecule has 0 aromatic rings. The highest BCUT2D eigenvalue weighted by Gasteiger charge is 2.40. The Morgan fingerprint density at radius 3 is 2.60 bits per heavy atom. The van der Waals surface area contributed by atoms with Crippen molar-refractivity contribution >= 4 is 29.9 Å². The molecule has 4 nitrogen and oxygen atoms in total. The lowest BCUT2D eigenvalue weighted by atomic mass is 9.73. The fourth-order valence-corrected chi connectivity index (χ4v) is 5.25. The van der Waals surface area contributed by atoms with Gasteiger partial charge in [-0.3, -0.25) is 4.99 Å². The number of nitrogens with zero attached hydrogens (tertiary/aromatic N) is 3. The molecule has 1 unspecified atom stereocenters. The Kier molecular flexibility index (Phi) is 6.91. The molecule has 1 spiro atoms. The fourth-order valence-electron chi connectivity index (χ4n) is 5.25. The monoisotopic (exact) mass is 460 g/mol. The third-order valence-electron chi connectivity index (χ3n) is 6.87. The van der Waals surface area contributed by atoms with Crippen molar-refractivity contribution in [3.8, 4) is 0 Å². The lowest BCUT2D eigenvalue weighted by Crippen LogP contribution is -2.42. The Morgan fingerprint density at radius 1 is 1.08 bits per heavy atom. The van der Waals surface area contributed by atoms with E-state index in [0.29, 0.717) is 5.41 Å². The van der Waals surface area contributed by atoms with Crippen molar-refractivity contribution in [3.63, 3.8) is 0 Å². The summed E-state index contributed by atoms with van der Waals surface area (Å²) >= 11 is 0. The van der Waals surface area contributed by atoms with Crippen molar-refractivity contribution in [2.75, 3.05) is 39.3 Å². The zero-order valence-electron chi connectivity index (χ0n) is 16.0. The van der Waals surface area contributed by atoms with E-state index in [1.807, 2.05) is 0 Å². The van der Waals surface area contributed by atoms with Gasteiger partial charge < -0.3 is 15.1 Å². The summed E-state index contributed by atoms with van der Waals surface area (Å²) in [6.07, 6.45) is 12.8. The Hall–Kier alpha value is -0.0400. The number of hydrogen-bond donors (Lipinski definition) is 1. The van der Waals surface area contributed by atoms with Crippen LogP contribution in [0.1, 0.15) is 64.7 Å². The van der Waals surface area contributed by atoms with Crippen LogP contribution >= 0.6 is 24.0 Å². The molecule has 4 fully saturated rings. The molecule has 0 radical (unpaired) electrons. The standard InChI is InChI=1S/C20H36N4.HI/c1-2-21-19(22-14-17-8-12-23(15-17)18-6-7-18)24-13-11-20(16-24)9-4-3-5-10-20;/h17-18H,2-16H2,1H3,(H,21,22);1H. The Labute approximate surface area is 171 Å². The van der Waals surface area contributed by atoms with E-state index in [1.54, 1.807) is 0 Å². The van der Waals surface area contributed by atoms with Crippen molar-refractivity contribution in [2.24, 2.45) is 16.3 Å². The van der Waals surface area contributed by atoms with Gasteiger partial charge in [-0.15, -0.1) is 24.0 Å². The van der Waals surface area contributed by atoms with Gasteiger partial charge in [0.25, 0.3) is 0 Å². The molecule has 4 rings (SSSR count).